The van der Waals surface area contributed by atoms with Gasteiger partial charge in [0.2, 0.25) is 5.69 Å². The van der Waals surface area contributed by atoms with Gasteiger partial charge in [-0.25, -0.2) is 0 Å². The number of nitrogens with zero attached hydrogens (tertiary/aromatic N) is 3. The van der Waals surface area contributed by atoms with Crippen LogP contribution in [-0.2, 0) is 13.5 Å². The number of aromatic nitrogens is 2. The van der Waals surface area contributed by atoms with Crippen molar-refractivity contribution in [3.63, 3.8) is 0 Å². The van der Waals surface area contributed by atoms with Crippen molar-refractivity contribution in [2.24, 2.45) is 7.05 Å². The van der Waals surface area contributed by atoms with Crippen molar-refractivity contribution < 1.29 is 4.68 Å². The van der Waals surface area contributed by atoms with Crippen LogP contribution in [0.25, 0.3) is 10.5 Å². The first-order valence-corrected chi connectivity index (χ1v) is 6.60. The first-order chi connectivity index (χ1) is 9.15. The van der Waals surface area contributed by atoms with Crippen LogP contribution in [0.1, 0.15) is 23.4 Å². The maximum absolute atomic E-state index is 3.93. The van der Waals surface area contributed by atoms with E-state index < -0.39 is 0 Å². The molecule has 3 nitrogen and oxygen atoms in total. The van der Waals surface area contributed by atoms with E-state index in [-0.39, 0.29) is 0 Å². The van der Waals surface area contributed by atoms with Crippen molar-refractivity contribution in [2.75, 3.05) is 7.05 Å². The number of benzene rings is 1. The molecule has 2 rings (SSSR count). The second-order valence-corrected chi connectivity index (χ2v) is 4.77. The molecule has 3 heteroatoms. The van der Waals surface area contributed by atoms with Crippen LogP contribution in [0.4, 0.5) is 0 Å². The van der Waals surface area contributed by atoms with Gasteiger partial charge in [-0.3, -0.25) is 0 Å². The van der Waals surface area contributed by atoms with E-state index in [4.69, 9.17) is 0 Å². The smallest absolute Gasteiger partial charge is 0.125 e. The molecule has 0 spiro atoms. The molecular weight excluding hydrogens is 234 g/mol. The zero-order valence-corrected chi connectivity index (χ0v) is 12.1. The Balaban J connectivity index is 2.46. The van der Waals surface area contributed by atoms with E-state index in [9.17, 15) is 0 Å². The molecule has 0 radical (unpaired) electrons. The molecule has 98 valence electrons. The molecule has 19 heavy (non-hydrogen) atoms. The van der Waals surface area contributed by atoms with E-state index in [1.165, 1.54) is 22.6 Å². The number of aryl methyl sites for hydroxylation is 3. The fourth-order valence-electron chi connectivity index (χ4n) is 2.43. The summed E-state index contributed by atoms with van der Waals surface area (Å²) in [5.41, 5.74) is 5.08. The summed E-state index contributed by atoms with van der Waals surface area (Å²) in [6.45, 7) is 4.27. The van der Waals surface area contributed by atoms with Crippen LogP contribution in [-0.4, -0.2) is 11.7 Å². The van der Waals surface area contributed by atoms with E-state index in [0.717, 1.165) is 12.8 Å². The van der Waals surface area contributed by atoms with E-state index in [2.05, 4.69) is 71.5 Å². The Hall–Kier alpha value is -2.08. The third-order valence-electron chi connectivity index (χ3n) is 3.45. The summed E-state index contributed by atoms with van der Waals surface area (Å²) < 4.78 is 4.44. The Kier molecular flexibility index (Phi) is 4.01. The molecule has 0 amide bonds. The van der Waals surface area contributed by atoms with Crippen LogP contribution >= 0.6 is 0 Å². The summed E-state index contributed by atoms with van der Waals surface area (Å²) in [4.78, 5) is 3.93. The molecule has 0 saturated carbocycles. The lowest BCUT2D eigenvalue weighted by Gasteiger charge is -2.08. The minimum atomic E-state index is 0.858. The largest absolute Gasteiger partial charge is 0.272 e. The highest BCUT2D eigenvalue weighted by Crippen LogP contribution is 2.17. The van der Waals surface area contributed by atoms with Gasteiger partial charge >= 0.3 is 0 Å². The Bertz CT molecular complexity index is 642. The molecule has 0 N–H and O–H groups in total. The summed E-state index contributed by atoms with van der Waals surface area (Å²) in [6, 6.07) is 13.8. The molecule has 0 aliphatic rings. The third-order valence-corrected chi connectivity index (χ3v) is 3.45. The average Bonchev–Trinajstić information content (AvgIpc) is 2.65. The van der Waals surface area contributed by atoms with Crippen LogP contribution in [0.5, 0.6) is 0 Å². The van der Waals surface area contributed by atoms with Gasteiger partial charge in [-0.15, -0.1) is 9.36 Å². The minimum absolute atomic E-state index is 0.858. The molecule has 0 fully saturated rings. The van der Waals surface area contributed by atoms with Crippen LogP contribution in [0.3, 0.4) is 0 Å². The molecule has 0 aliphatic heterocycles. The van der Waals surface area contributed by atoms with Crippen LogP contribution in [0.15, 0.2) is 30.3 Å². The quantitative estimate of drug-likeness (QED) is 0.748. The first kappa shape index (κ1) is 13.4. The zero-order valence-electron chi connectivity index (χ0n) is 12.1. The van der Waals surface area contributed by atoms with E-state index in [1.807, 2.05) is 0 Å². The van der Waals surface area contributed by atoms with Gasteiger partial charge < -0.3 is 0 Å². The summed E-state index contributed by atoms with van der Waals surface area (Å²) in [6.07, 6.45) is 1.82. The molecule has 0 unspecified atom stereocenters. The van der Waals surface area contributed by atoms with Crippen LogP contribution < -0.4 is 4.68 Å². The standard InChI is InChI=1S/C16H21N3/c1-13-12-14(2)19(18(13)4)16-10-6-5-8-15(16)9-7-11-17-3/h5-6,8,10,12H,7,9H2,1-4H3/q+2. The molecule has 0 atom stereocenters. The highest BCUT2D eigenvalue weighted by molar-refractivity contribution is 5.41. The molecule has 0 bridgehead atoms. The van der Waals surface area contributed by atoms with Gasteiger partial charge in [-0.1, -0.05) is 23.0 Å². The number of hydrogen-bond donors (Lipinski definition) is 0. The zero-order chi connectivity index (χ0) is 13.8. The van der Waals surface area contributed by atoms with Crippen LogP contribution in [0.2, 0.25) is 0 Å². The average molecular weight is 255 g/mol. The van der Waals surface area contributed by atoms with Gasteiger partial charge in [0, 0.05) is 13.0 Å². The lowest BCUT2D eigenvalue weighted by molar-refractivity contribution is -0.749. The van der Waals surface area contributed by atoms with E-state index in [0.29, 0.717) is 0 Å². The van der Waals surface area contributed by atoms with Crippen molar-refractivity contribution >= 4 is 0 Å². The first-order valence-electron chi connectivity index (χ1n) is 6.60. The van der Waals surface area contributed by atoms with Gasteiger partial charge in [-0.2, -0.15) is 0 Å². The van der Waals surface area contributed by atoms with E-state index >= 15 is 0 Å². The van der Waals surface area contributed by atoms with Crippen LogP contribution in [0, 0.1) is 19.9 Å². The Labute approximate surface area is 114 Å². The van der Waals surface area contributed by atoms with Crippen molar-refractivity contribution in [2.45, 2.75) is 26.7 Å². The lowest BCUT2D eigenvalue weighted by Crippen LogP contribution is -2.40. The van der Waals surface area contributed by atoms with Gasteiger partial charge in [0.25, 0.3) is 13.1 Å². The lowest BCUT2D eigenvalue weighted by atomic mass is 10.1. The van der Waals surface area contributed by atoms with Gasteiger partial charge in [-0.05, 0) is 25.0 Å². The summed E-state index contributed by atoms with van der Waals surface area (Å²) in [5, 5.41) is 0. The van der Waals surface area contributed by atoms with Crippen molar-refractivity contribution in [3.8, 4) is 11.8 Å². The number of hydrogen-bond acceptors (Lipinski definition) is 0. The SMILES string of the molecule is C[N+]#CCCc1ccccc1-n1c(C)cc(C)[n+]1C. The Morgan fingerprint density at radius 3 is 2.63 bits per heavy atom. The Morgan fingerprint density at radius 1 is 1.26 bits per heavy atom. The second-order valence-electron chi connectivity index (χ2n) is 4.77. The molecule has 2 aromatic rings. The molecule has 0 aliphatic carbocycles. The van der Waals surface area contributed by atoms with Gasteiger partial charge in [0.1, 0.15) is 5.69 Å². The summed E-state index contributed by atoms with van der Waals surface area (Å²) in [7, 11) is 3.87. The molecule has 1 aromatic heterocycles. The molecule has 1 heterocycles. The number of para-hydroxylation sites is 1. The van der Waals surface area contributed by atoms with Crippen molar-refractivity contribution in [1.29, 1.82) is 0 Å². The van der Waals surface area contributed by atoms with E-state index in [1.54, 1.807) is 7.05 Å². The van der Waals surface area contributed by atoms with Gasteiger partial charge in [0.05, 0.1) is 12.1 Å². The summed E-state index contributed by atoms with van der Waals surface area (Å²) in [5.74, 6) is 0. The molecule has 0 saturated heterocycles. The highest BCUT2D eigenvalue weighted by Gasteiger charge is 2.17. The molecular formula is C16H21N3+2. The number of rotatable bonds is 3. The maximum atomic E-state index is 3.93. The summed E-state index contributed by atoms with van der Waals surface area (Å²) >= 11 is 0. The fraction of sp³-hybridized carbons (Fsp3) is 0.375. The Morgan fingerprint density at radius 2 is 2.00 bits per heavy atom. The molecule has 1 aromatic carbocycles. The van der Waals surface area contributed by atoms with Crippen molar-refractivity contribution in [3.05, 3.63) is 52.1 Å². The normalized spacial score (nSPS) is 10.1. The van der Waals surface area contributed by atoms with Gasteiger partial charge in [0.15, 0.2) is 7.05 Å². The third kappa shape index (κ3) is 2.68. The monoisotopic (exact) mass is 255 g/mol. The maximum Gasteiger partial charge on any atom is 0.272 e. The van der Waals surface area contributed by atoms with Crippen molar-refractivity contribution in [1.82, 2.24) is 4.68 Å². The second kappa shape index (κ2) is 5.71. The highest BCUT2D eigenvalue weighted by atomic mass is 15.4. The topological polar surface area (TPSA) is 13.2 Å². The predicted octanol–water partition coefficient (Wildman–Crippen LogP) is 2.81. The minimum Gasteiger partial charge on any atom is -0.125 e. The predicted molar refractivity (Wildman–Crippen MR) is 77.9 cm³/mol. The fourth-order valence-corrected chi connectivity index (χ4v) is 2.43.